The molecule has 6 heteroatoms. The molecule has 6 nitrogen and oxygen atoms in total. The summed E-state index contributed by atoms with van der Waals surface area (Å²) < 4.78 is 17.1. The summed E-state index contributed by atoms with van der Waals surface area (Å²) >= 11 is 0. The van der Waals surface area contributed by atoms with E-state index in [-0.39, 0.29) is 24.8 Å². The normalized spacial score (nSPS) is 13.4. The Balaban J connectivity index is 1.44. The molecule has 5 rings (SSSR count). The van der Waals surface area contributed by atoms with Crippen molar-refractivity contribution >= 4 is 11.8 Å². The lowest BCUT2D eigenvalue weighted by atomic mass is 9.98. The van der Waals surface area contributed by atoms with Crippen LogP contribution in [0.25, 0.3) is 11.1 Å². The van der Waals surface area contributed by atoms with Gasteiger partial charge in [-0.15, -0.1) is 0 Å². The van der Waals surface area contributed by atoms with Crippen LogP contribution in [0.15, 0.2) is 91.0 Å². The third kappa shape index (κ3) is 4.33. The molecule has 0 aromatic heterocycles. The fourth-order valence-corrected chi connectivity index (χ4v) is 4.79. The molecule has 4 aromatic rings. The van der Waals surface area contributed by atoms with Gasteiger partial charge in [-0.1, -0.05) is 60.7 Å². The number of hydrogen-bond acceptors (Lipinski definition) is 5. The minimum atomic E-state index is -0.485. The molecule has 0 heterocycles. The Bertz CT molecular complexity index is 1380. The zero-order chi connectivity index (χ0) is 25.1. The molecule has 0 saturated carbocycles. The maximum absolute atomic E-state index is 13.6. The Morgan fingerprint density at radius 3 is 2.25 bits per heavy atom. The highest BCUT2D eigenvalue weighted by atomic mass is 16.6. The van der Waals surface area contributed by atoms with Crippen molar-refractivity contribution in [2.75, 3.05) is 25.7 Å². The lowest BCUT2D eigenvalue weighted by molar-refractivity contribution is 0.149. The van der Waals surface area contributed by atoms with Crippen molar-refractivity contribution in [3.63, 3.8) is 0 Å². The van der Waals surface area contributed by atoms with Gasteiger partial charge in [-0.25, -0.2) is 4.79 Å². The van der Waals surface area contributed by atoms with E-state index in [2.05, 4.69) is 18.2 Å². The third-order valence-electron chi connectivity index (χ3n) is 6.51. The number of phenolic OH excluding ortho intramolecular Hbond substituents is 1. The number of benzene rings is 4. The molecule has 0 bridgehead atoms. The van der Waals surface area contributed by atoms with Crippen LogP contribution in [0.5, 0.6) is 17.2 Å². The van der Waals surface area contributed by atoms with E-state index < -0.39 is 6.09 Å². The summed E-state index contributed by atoms with van der Waals surface area (Å²) in [5.41, 5.74) is 5.76. The molecular formula is C30H27NO5. The zero-order valence-corrected chi connectivity index (χ0v) is 20.2. The van der Waals surface area contributed by atoms with E-state index >= 15 is 0 Å². The lowest BCUT2D eigenvalue weighted by Gasteiger charge is -2.25. The van der Waals surface area contributed by atoms with E-state index in [4.69, 9.17) is 14.2 Å². The highest BCUT2D eigenvalue weighted by Crippen LogP contribution is 2.49. The van der Waals surface area contributed by atoms with E-state index in [1.807, 2.05) is 48.5 Å². The van der Waals surface area contributed by atoms with Gasteiger partial charge in [0.05, 0.1) is 26.5 Å². The van der Waals surface area contributed by atoms with Crippen molar-refractivity contribution < 1.29 is 24.1 Å². The molecule has 0 aliphatic heterocycles. The van der Waals surface area contributed by atoms with Crippen molar-refractivity contribution in [1.29, 1.82) is 0 Å². The number of fused-ring (bicyclic) bond motifs is 3. The molecule has 182 valence electrons. The Morgan fingerprint density at radius 2 is 1.47 bits per heavy atom. The zero-order valence-electron chi connectivity index (χ0n) is 20.2. The van der Waals surface area contributed by atoms with Gasteiger partial charge in [-0.2, -0.15) is 0 Å². The Kier molecular flexibility index (Phi) is 6.50. The SMILES string of the molecule is COc1ccccc1N(Cc1ccc(O)cc1)C(=O)OCC1c2ccccc2-c2c(OC)cccc21. The maximum Gasteiger partial charge on any atom is 0.414 e. The smallest absolute Gasteiger partial charge is 0.414 e. The van der Waals surface area contributed by atoms with Gasteiger partial charge in [0, 0.05) is 11.5 Å². The molecule has 1 aliphatic rings. The number of para-hydroxylation sites is 2. The first-order valence-electron chi connectivity index (χ1n) is 11.7. The van der Waals surface area contributed by atoms with Crippen LogP contribution < -0.4 is 14.4 Å². The predicted octanol–water partition coefficient (Wildman–Crippen LogP) is 6.37. The van der Waals surface area contributed by atoms with Crippen LogP contribution >= 0.6 is 0 Å². The van der Waals surface area contributed by atoms with E-state index in [0.29, 0.717) is 11.4 Å². The van der Waals surface area contributed by atoms with Gasteiger partial charge in [0.1, 0.15) is 23.9 Å². The molecule has 1 N–H and O–H groups in total. The number of carbonyl (C=O) groups is 1. The largest absolute Gasteiger partial charge is 0.508 e. The molecule has 0 radical (unpaired) electrons. The highest BCUT2D eigenvalue weighted by Gasteiger charge is 2.32. The minimum Gasteiger partial charge on any atom is -0.508 e. The average molecular weight is 482 g/mol. The molecule has 0 saturated heterocycles. The molecule has 1 amide bonds. The van der Waals surface area contributed by atoms with Crippen LogP contribution in [0.3, 0.4) is 0 Å². The molecule has 1 unspecified atom stereocenters. The van der Waals surface area contributed by atoms with Crippen LogP contribution in [0.1, 0.15) is 22.6 Å². The van der Waals surface area contributed by atoms with Crippen LogP contribution in [-0.2, 0) is 11.3 Å². The number of carbonyl (C=O) groups excluding carboxylic acids is 1. The van der Waals surface area contributed by atoms with Crippen molar-refractivity contribution in [3.8, 4) is 28.4 Å². The number of anilines is 1. The van der Waals surface area contributed by atoms with Crippen LogP contribution in [0.2, 0.25) is 0 Å². The summed E-state index contributed by atoms with van der Waals surface area (Å²) in [6, 6.07) is 28.2. The number of aromatic hydroxyl groups is 1. The van der Waals surface area contributed by atoms with Crippen LogP contribution in [0, 0.1) is 0 Å². The molecular weight excluding hydrogens is 454 g/mol. The number of ether oxygens (including phenoxy) is 3. The highest BCUT2D eigenvalue weighted by molar-refractivity contribution is 5.90. The number of hydrogen-bond donors (Lipinski definition) is 1. The lowest BCUT2D eigenvalue weighted by Crippen LogP contribution is -2.32. The number of phenols is 1. The topological polar surface area (TPSA) is 68.2 Å². The quantitative estimate of drug-likeness (QED) is 0.332. The van der Waals surface area contributed by atoms with E-state index in [9.17, 15) is 9.90 Å². The minimum absolute atomic E-state index is 0.108. The first-order valence-corrected chi connectivity index (χ1v) is 11.7. The van der Waals surface area contributed by atoms with E-state index in [0.717, 1.165) is 33.6 Å². The summed E-state index contributed by atoms with van der Waals surface area (Å²) in [6.45, 7) is 0.433. The van der Waals surface area contributed by atoms with Crippen LogP contribution in [0.4, 0.5) is 10.5 Å². The summed E-state index contributed by atoms with van der Waals surface area (Å²) in [6.07, 6.45) is -0.485. The summed E-state index contributed by atoms with van der Waals surface area (Å²) in [5, 5.41) is 9.67. The van der Waals surface area contributed by atoms with Gasteiger partial charge in [0.15, 0.2) is 0 Å². The summed E-state index contributed by atoms with van der Waals surface area (Å²) in [7, 11) is 3.24. The summed E-state index contributed by atoms with van der Waals surface area (Å²) in [4.78, 5) is 15.1. The molecule has 0 fully saturated rings. The number of nitrogens with zero attached hydrogens (tertiary/aromatic N) is 1. The second-order valence-corrected chi connectivity index (χ2v) is 8.57. The summed E-state index contributed by atoms with van der Waals surface area (Å²) in [5.74, 6) is 1.42. The van der Waals surface area contributed by atoms with E-state index in [1.54, 1.807) is 43.4 Å². The molecule has 0 spiro atoms. The van der Waals surface area contributed by atoms with Gasteiger partial charge < -0.3 is 19.3 Å². The van der Waals surface area contributed by atoms with Crippen molar-refractivity contribution in [2.24, 2.45) is 0 Å². The van der Waals surface area contributed by atoms with Crippen molar-refractivity contribution in [2.45, 2.75) is 12.5 Å². The van der Waals surface area contributed by atoms with Crippen molar-refractivity contribution in [3.05, 3.63) is 108 Å². The molecule has 36 heavy (non-hydrogen) atoms. The van der Waals surface area contributed by atoms with Crippen LogP contribution in [-0.4, -0.2) is 32.0 Å². The second-order valence-electron chi connectivity index (χ2n) is 8.57. The first-order chi connectivity index (χ1) is 17.6. The Labute approximate surface area is 210 Å². The van der Waals surface area contributed by atoms with E-state index in [1.165, 1.54) is 0 Å². The fraction of sp³-hybridized carbons (Fsp3) is 0.167. The fourth-order valence-electron chi connectivity index (χ4n) is 4.79. The molecule has 1 atom stereocenters. The Hall–Kier alpha value is -4.45. The predicted molar refractivity (Wildman–Crippen MR) is 139 cm³/mol. The molecule has 1 aliphatic carbocycles. The number of methoxy groups -OCH3 is 2. The van der Waals surface area contributed by atoms with Gasteiger partial charge in [-0.05, 0) is 52.6 Å². The third-order valence-corrected chi connectivity index (χ3v) is 6.51. The van der Waals surface area contributed by atoms with Gasteiger partial charge in [-0.3, -0.25) is 4.90 Å². The average Bonchev–Trinajstić information content (AvgIpc) is 3.25. The van der Waals surface area contributed by atoms with Gasteiger partial charge >= 0.3 is 6.09 Å². The van der Waals surface area contributed by atoms with Gasteiger partial charge in [0.2, 0.25) is 0 Å². The number of rotatable bonds is 7. The monoisotopic (exact) mass is 481 g/mol. The van der Waals surface area contributed by atoms with Crippen molar-refractivity contribution in [1.82, 2.24) is 0 Å². The molecule has 4 aromatic carbocycles. The first kappa shape index (κ1) is 23.3. The number of amides is 1. The standard InChI is InChI=1S/C30H27NO5/c1-34-27-12-6-5-11-26(27)31(18-20-14-16-21(32)17-15-20)30(33)36-19-25-22-8-3-4-9-23(22)29-24(25)10-7-13-28(29)35-2/h3-17,25,32H,18-19H2,1-2H3. The van der Waals surface area contributed by atoms with Gasteiger partial charge in [0.25, 0.3) is 0 Å². The second kappa shape index (κ2) is 10.0. The maximum atomic E-state index is 13.6. The Morgan fingerprint density at radius 1 is 0.806 bits per heavy atom.